The molecule has 0 heterocycles. The van der Waals surface area contributed by atoms with E-state index in [2.05, 4.69) is 13.8 Å². The molecule has 1 saturated carbocycles. The van der Waals surface area contributed by atoms with Crippen molar-refractivity contribution in [2.75, 3.05) is 7.11 Å². The lowest BCUT2D eigenvalue weighted by Gasteiger charge is -2.09. The number of ether oxygens (including phenoxy) is 1. The first kappa shape index (κ1) is 10.4. The van der Waals surface area contributed by atoms with Gasteiger partial charge >= 0.3 is 0 Å². The minimum absolute atomic E-state index is 0.0884. The van der Waals surface area contributed by atoms with Crippen LogP contribution in [0.15, 0.2) is 18.2 Å². The van der Waals surface area contributed by atoms with Crippen molar-refractivity contribution in [3.63, 3.8) is 0 Å². The summed E-state index contributed by atoms with van der Waals surface area (Å²) in [5.74, 6) is 0.594. The smallest absolute Gasteiger partial charge is 0.126 e. The Hall–Kier alpha value is -1.09. The molecule has 2 N–H and O–H groups in total. The maximum Gasteiger partial charge on any atom is 0.126 e. The summed E-state index contributed by atoms with van der Waals surface area (Å²) in [6, 6.07) is 4.78. The molecule has 3 heteroatoms. The van der Waals surface area contributed by atoms with Gasteiger partial charge in [-0.2, -0.15) is 0 Å². The molecule has 15 heavy (non-hydrogen) atoms. The zero-order valence-corrected chi connectivity index (χ0v) is 9.25. The molecule has 0 aliphatic heterocycles. The molecule has 0 unspecified atom stereocenters. The number of methoxy groups -OCH3 is 1. The highest BCUT2D eigenvalue weighted by Crippen LogP contribution is 2.59. The van der Waals surface area contributed by atoms with Crippen molar-refractivity contribution in [2.24, 2.45) is 11.1 Å². The van der Waals surface area contributed by atoms with Crippen molar-refractivity contribution in [1.82, 2.24) is 0 Å². The summed E-state index contributed by atoms with van der Waals surface area (Å²) in [7, 11) is 1.55. The molecule has 0 spiro atoms. The Morgan fingerprint density at radius 3 is 2.47 bits per heavy atom. The van der Waals surface area contributed by atoms with Crippen LogP contribution in [-0.4, -0.2) is 13.2 Å². The first-order valence-electron chi connectivity index (χ1n) is 5.07. The van der Waals surface area contributed by atoms with E-state index in [1.165, 1.54) is 12.1 Å². The standard InChI is InChI=1S/C12H16FNO/c1-12(2)10(11(12)14)8-5-4-7(13)6-9(8)15-3/h4-6,10-11H,14H2,1-3H3/t10-,11-/m1/s1. The van der Waals surface area contributed by atoms with Gasteiger partial charge in [0, 0.05) is 18.0 Å². The van der Waals surface area contributed by atoms with Crippen LogP contribution in [0.5, 0.6) is 5.75 Å². The second kappa shape index (κ2) is 3.20. The minimum atomic E-state index is -0.275. The minimum Gasteiger partial charge on any atom is -0.496 e. The molecule has 0 amide bonds. The predicted octanol–water partition coefficient (Wildman–Crippen LogP) is 2.29. The quantitative estimate of drug-likeness (QED) is 0.811. The number of benzene rings is 1. The third kappa shape index (κ3) is 1.51. The normalized spacial score (nSPS) is 27.5. The molecule has 0 saturated heterocycles. The molecule has 1 fully saturated rings. The van der Waals surface area contributed by atoms with Crippen molar-refractivity contribution in [3.05, 3.63) is 29.6 Å². The summed E-state index contributed by atoms with van der Waals surface area (Å²) >= 11 is 0. The molecule has 0 bridgehead atoms. The van der Waals surface area contributed by atoms with Crippen LogP contribution < -0.4 is 10.5 Å². The van der Waals surface area contributed by atoms with Crippen LogP contribution in [0.2, 0.25) is 0 Å². The first-order valence-corrected chi connectivity index (χ1v) is 5.07. The lowest BCUT2D eigenvalue weighted by atomic mass is 10.0. The van der Waals surface area contributed by atoms with Crippen LogP contribution in [-0.2, 0) is 0 Å². The lowest BCUT2D eigenvalue weighted by Crippen LogP contribution is -2.06. The van der Waals surface area contributed by atoms with Crippen molar-refractivity contribution in [2.45, 2.75) is 25.8 Å². The Balaban J connectivity index is 2.38. The molecule has 2 atom stereocenters. The fourth-order valence-electron chi connectivity index (χ4n) is 2.21. The fraction of sp³-hybridized carbons (Fsp3) is 0.500. The van der Waals surface area contributed by atoms with Gasteiger partial charge in [0.25, 0.3) is 0 Å². The van der Waals surface area contributed by atoms with Gasteiger partial charge in [-0.15, -0.1) is 0 Å². The van der Waals surface area contributed by atoms with E-state index in [0.29, 0.717) is 5.75 Å². The average Bonchev–Trinajstić information content (AvgIpc) is 2.67. The number of hydrogen-bond donors (Lipinski definition) is 1. The monoisotopic (exact) mass is 209 g/mol. The Labute approximate surface area is 89.2 Å². The highest BCUT2D eigenvalue weighted by atomic mass is 19.1. The summed E-state index contributed by atoms with van der Waals surface area (Å²) in [6.45, 7) is 4.23. The maximum absolute atomic E-state index is 13.0. The van der Waals surface area contributed by atoms with Gasteiger partial charge in [0.05, 0.1) is 7.11 Å². The van der Waals surface area contributed by atoms with E-state index in [-0.39, 0.29) is 23.2 Å². The van der Waals surface area contributed by atoms with E-state index >= 15 is 0 Å². The van der Waals surface area contributed by atoms with Crippen LogP contribution >= 0.6 is 0 Å². The van der Waals surface area contributed by atoms with Gasteiger partial charge < -0.3 is 10.5 Å². The number of hydrogen-bond acceptors (Lipinski definition) is 2. The van der Waals surface area contributed by atoms with Crippen molar-refractivity contribution in [3.8, 4) is 5.75 Å². The Kier molecular flexibility index (Phi) is 2.23. The van der Waals surface area contributed by atoms with E-state index in [1.807, 2.05) is 0 Å². The highest BCUT2D eigenvalue weighted by Gasteiger charge is 2.57. The van der Waals surface area contributed by atoms with E-state index in [9.17, 15) is 4.39 Å². The number of rotatable bonds is 2. The van der Waals surface area contributed by atoms with E-state index in [4.69, 9.17) is 10.5 Å². The number of halogens is 1. The van der Waals surface area contributed by atoms with Crippen molar-refractivity contribution >= 4 is 0 Å². The lowest BCUT2D eigenvalue weighted by molar-refractivity contribution is 0.404. The third-order valence-electron chi connectivity index (χ3n) is 3.44. The van der Waals surface area contributed by atoms with E-state index in [0.717, 1.165) is 5.56 Å². The van der Waals surface area contributed by atoms with Gasteiger partial charge in [-0.05, 0) is 17.0 Å². The van der Waals surface area contributed by atoms with Crippen LogP contribution in [0.25, 0.3) is 0 Å². The van der Waals surface area contributed by atoms with Gasteiger partial charge in [-0.1, -0.05) is 19.9 Å². The van der Waals surface area contributed by atoms with E-state index in [1.54, 1.807) is 13.2 Å². The van der Waals surface area contributed by atoms with Gasteiger partial charge in [0.15, 0.2) is 0 Å². The second-order valence-corrected chi connectivity index (χ2v) is 4.71. The van der Waals surface area contributed by atoms with Crippen molar-refractivity contribution < 1.29 is 9.13 Å². The average molecular weight is 209 g/mol. The summed E-state index contributed by atoms with van der Waals surface area (Å²) in [5.41, 5.74) is 7.09. The molecule has 1 aliphatic carbocycles. The Morgan fingerprint density at radius 2 is 2.00 bits per heavy atom. The summed E-state index contributed by atoms with van der Waals surface area (Å²) < 4.78 is 18.2. The molecule has 1 aromatic rings. The van der Waals surface area contributed by atoms with Crippen LogP contribution in [0.4, 0.5) is 4.39 Å². The molecule has 1 aliphatic rings. The topological polar surface area (TPSA) is 35.2 Å². The molecule has 1 aromatic carbocycles. The molecular formula is C12H16FNO. The summed E-state index contributed by atoms with van der Waals surface area (Å²) in [6.07, 6.45) is 0. The molecule has 0 aromatic heterocycles. The van der Waals surface area contributed by atoms with Crippen LogP contribution in [0.1, 0.15) is 25.3 Å². The van der Waals surface area contributed by atoms with Crippen LogP contribution in [0.3, 0.4) is 0 Å². The Morgan fingerprint density at radius 1 is 1.40 bits per heavy atom. The molecule has 82 valence electrons. The fourth-order valence-corrected chi connectivity index (χ4v) is 2.21. The molecule has 2 rings (SSSR count). The number of nitrogens with two attached hydrogens (primary N) is 1. The predicted molar refractivity (Wildman–Crippen MR) is 57.4 cm³/mol. The Bertz CT molecular complexity index is 389. The molecule has 0 radical (unpaired) electrons. The zero-order chi connectivity index (χ0) is 11.2. The van der Waals surface area contributed by atoms with Crippen LogP contribution in [0, 0.1) is 11.2 Å². The van der Waals surface area contributed by atoms with Gasteiger partial charge in [0.1, 0.15) is 11.6 Å². The van der Waals surface area contributed by atoms with E-state index < -0.39 is 0 Å². The third-order valence-corrected chi connectivity index (χ3v) is 3.44. The van der Waals surface area contributed by atoms with Gasteiger partial charge in [-0.3, -0.25) is 0 Å². The van der Waals surface area contributed by atoms with Crippen molar-refractivity contribution in [1.29, 1.82) is 0 Å². The largest absolute Gasteiger partial charge is 0.496 e. The zero-order valence-electron chi connectivity index (χ0n) is 9.25. The van der Waals surface area contributed by atoms with Gasteiger partial charge in [0.2, 0.25) is 0 Å². The summed E-state index contributed by atoms with van der Waals surface area (Å²) in [4.78, 5) is 0. The summed E-state index contributed by atoms with van der Waals surface area (Å²) in [5, 5.41) is 0. The molecular weight excluding hydrogens is 193 g/mol. The SMILES string of the molecule is COc1cc(F)ccc1[C@@H]1[C@@H](N)C1(C)C. The highest BCUT2D eigenvalue weighted by molar-refractivity contribution is 5.44. The first-order chi connectivity index (χ1) is 6.98. The molecule has 2 nitrogen and oxygen atoms in total. The second-order valence-electron chi connectivity index (χ2n) is 4.71. The van der Waals surface area contributed by atoms with Gasteiger partial charge in [-0.25, -0.2) is 4.39 Å². The maximum atomic E-state index is 13.0.